The lowest BCUT2D eigenvalue weighted by atomic mass is 9.69. The van der Waals surface area contributed by atoms with Gasteiger partial charge in [0.15, 0.2) is 11.6 Å². The van der Waals surface area contributed by atoms with Crippen LogP contribution in [-0.4, -0.2) is 56.4 Å². The van der Waals surface area contributed by atoms with E-state index in [0.29, 0.717) is 11.1 Å². The first-order valence-corrected chi connectivity index (χ1v) is 15.6. The highest BCUT2D eigenvalue weighted by Crippen LogP contribution is 2.41. The summed E-state index contributed by atoms with van der Waals surface area (Å²) < 4.78 is 0. The summed E-state index contributed by atoms with van der Waals surface area (Å²) >= 11 is 0. The van der Waals surface area contributed by atoms with Gasteiger partial charge in [-0.1, -0.05) is 135 Å². The van der Waals surface area contributed by atoms with Crippen LogP contribution in [0, 0.1) is 10.8 Å². The number of rotatable bonds is 10. The number of carbonyl (C=O) groups excluding carboxylic acids is 2. The van der Waals surface area contributed by atoms with Crippen molar-refractivity contribution in [1.82, 2.24) is 0 Å². The van der Waals surface area contributed by atoms with Crippen LogP contribution in [0.2, 0.25) is 0 Å². The molecule has 4 N–H and O–H groups in total. The van der Waals surface area contributed by atoms with E-state index in [1.54, 1.807) is 13.8 Å². The maximum absolute atomic E-state index is 12.3. The number of hydrogen-bond donors (Lipinski definition) is 4. The molecule has 248 valence electrons. The minimum Gasteiger partial charge on any atom is -0.389 e. The lowest BCUT2D eigenvalue weighted by Gasteiger charge is -2.39. The predicted octanol–water partition coefficient (Wildman–Crippen LogP) is 6.85. The highest BCUT2D eigenvalue weighted by molar-refractivity contribution is 6.01. The largest absolute Gasteiger partial charge is 0.389 e. The Morgan fingerprint density at radius 1 is 0.522 bits per heavy atom. The second-order valence-electron chi connectivity index (χ2n) is 13.4. The quantitative estimate of drug-likeness (QED) is 0.197. The van der Waals surface area contributed by atoms with Crippen molar-refractivity contribution >= 4 is 11.6 Å². The first-order chi connectivity index (χ1) is 21.3. The Morgan fingerprint density at radius 2 is 0.804 bits per heavy atom. The molecule has 4 unspecified atom stereocenters. The van der Waals surface area contributed by atoms with Gasteiger partial charge in [0.1, 0.15) is 12.2 Å². The minimum absolute atomic E-state index is 0.434. The smallest absolute Gasteiger partial charge is 0.189 e. The Hall–Kier alpha value is -3.68. The lowest BCUT2D eigenvalue weighted by molar-refractivity contribution is -0.136. The van der Waals surface area contributed by atoms with Gasteiger partial charge in [0, 0.05) is 10.8 Å². The van der Waals surface area contributed by atoms with Gasteiger partial charge in [0.25, 0.3) is 0 Å². The highest BCUT2D eigenvalue weighted by Gasteiger charge is 2.46. The van der Waals surface area contributed by atoms with Gasteiger partial charge in [-0.05, 0) is 63.8 Å². The Balaban J connectivity index is 1.98. The van der Waals surface area contributed by atoms with Gasteiger partial charge in [-0.3, -0.25) is 9.59 Å². The van der Waals surface area contributed by atoms with Crippen LogP contribution in [-0.2, 0) is 9.59 Å². The van der Waals surface area contributed by atoms with Gasteiger partial charge in [-0.2, -0.15) is 0 Å². The summed E-state index contributed by atoms with van der Waals surface area (Å²) in [6, 6.07) is 0. The Kier molecular flexibility index (Phi) is 13.6. The van der Waals surface area contributed by atoms with Crippen LogP contribution >= 0.6 is 0 Å². The molecule has 46 heavy (non-hydrogen) atoms. The zero-order chi connectivity index (χ0) is 35.0. The molecule has 0 fully saturated rings. The summed E-state index contributed by atoms with van der Waals surface area (Å²) in [4.78, 5) is 24.6. The standard InChI is InChI=1S/C40H52O6/c1-25(17-13-19-27(3)21-23-31-29(5)33(41)35(43)37(45)39(31,7)8)15-11-12-16-26(2)18-14-20-28(4)22-24-32-30(6)34(42)36(44)38(46)40(32,9)10/h11-24,35-38,43-46H,1-10H3/b12-11+,17-13+,18-14?,23-21+,24-22?,25-15+,26-16?,27-19+,28-20?. The maximum Gasteiger partial charge on any atom is 0.189 e. The van der Waals surface area contributed by atoms with Gasteiger partial charge in [-0.25, -0.2) is 0 Å². The number of hydrogen-bond acceptors (Lipinski definition) is 6. The van der Waals surface area contributed by atoms with Crippen molar-refractivity contribution in [2.75, 3.05) is 0 Å². The lowest BCUT2D eigenvalue weighted by Crippen LogP contribution is -2.49. The third-order valence-corrected chi connectivity index (χ3v) is 8.84. The van der Waals surface area contributed by atoms with E-state index in [0.717, 1.165) is 33.4 Å². The summed E-state index contributed by atoms with van der Waals surface area (Å²) in [5, 5.41) is 40.9. The molecule has 4 atom stereocenters. The van der Waals surface area contributed by atoms with Gasteiger partial charge >= 0.3 is 0 Å². The van der Waals surface area contributed by atoms with Crippen molar-refractivity contribution in [3.8, 4) is 0 Å². The first-order valence-electron chi connectivity index (χ1n) is 15.6. The molecular weight excluding hydrogens is 576 g/mol. The monoisotopic (exact) mass is 628 g/mol. The summed E-state index contributed by atoms with van der Waals surface area (Å²) in [5.74, 6) is -0.868. The topological polar surface area (TPSA) is 115 Å². The number of aliphatic hydroxyl groups is 4. The third-order valence-electron chi connectivity index (χ3n) is 8.84. The van der Waals surface area contributed by atoms with E-state index in [2.05, 4.69) is 0 Å². The van der Waals surface area contributed by atoms with Crippen LogP contribution in [0.15, 0.2) is 130 Å². The van der Waals surface area contributed by atoms with Gasteiger partial charge in [-0.15, -0.1) is 0 Å². The average Bonchev–Trinajstić information content (AvgIpc) is 2.99. The summed E-state index contributed by atoms with van der Waals surface area (Å²) in [5.41, 5.74) is 5.02. The molecule has 0 aromatic rings. The highest BCUT2D eigenvalue weighted by atomic mass is 16.3. The normalized spacial score (nSPS) is 27.3. The second-order valence-corrected chi connectivity index (χ2v) is 13.4. The van der Waals surface area contributed by atoms with E-state index in [4.69, 9.17) is 0 Å². The molecule has 6 heteroatoms. The van der Waals surface area contributed by atoms with E-state index in [9.17, 15) is 30.0 Å². The molecule has 0 spiro atoms. The zero-order valence-corrected chi connectivity index (χ0v) is 29.0. The van der Waals surface area contributed by atoms with E-state index in [-0.39, 0.29) is 0 Å². The fourth-order valence-electron chi connectivity index (χ4n) is 5.52. The fraction of sp³-hybridized carbons (Fsp3) is 0.400. The number of aliphatic hydroxyl groups excluding tert-OH is 4. The second kappa shape index (κ2) is 16.2. The maximum atomic E-state index is 12.3. The van der Waals surface area contributed by atoms with Crippen LogP contribution in [0.4, 0.5) is 0 Å². The number of allylic oxidation sites excluding steroid dienone is 18. The van der Waals surface area contributed by atoms with E-state index >= 15 is 0 Å². The van der Waals surface area contributed by atoms with Gasteiger partial charge in [0.2, 0.25) is 0 Å². The van der Waals surface area contributed by atoms with Gasteiger partial charge < -0.3 is 20.4 Å². The number of ketones is 2. The van der Waals surface area contributed by atoms with Crippen molar-refractivity contribution < 1.29 is 30.0 Å². The Labute approximate surface area is 275 Å². The molecule has 2 aliphatic carbocycles. The molecule has 0 saturated heterocycles. The molecular formula is C40H52O6. The summed E-state index contributed by atoms with van der Waals surface area (Å²) in [7, 11) is 0. The molecule has 0 bridgehead atoms. The van der Waals surface area contributed by atoms with E-state index in [1.165, 1.54) is 0 Å². The Morgan fingerprint density at radius 3 is 1.13 bits per heavy atom. The molecule has 0 aliphatic heterocycles. The molecule has 6 nitrogen and oxygen atoms in total. The SMILES string of the molecule is CC(C=CC1=C(C)C(=O)C(O)C(O)C1(C)C)=CC=CC(C)=C/C=C/C=C(C)/C=C/C=C(C)/C=C/C1=C(C)C(=O)C(O)C(O)C1(C)C. The Bertz CT molecular complexity index is 1410. The van der Waals surface area contributed by atoms with Crippen LogP contribution in [0.1, 0.15) is 69.2 Å². The molecule has 2 rings (SSSR count). The predicted molar refractivity (Wildman–Crippen MR) is 188 cm³/mol. The summed E-state index contributed by atoms with van der Waals surface area (Å²) in [6.45, 7) is 18.6. The van der Waals surface area contributed by atoms with Gasteiger partial charge in [0.05, 0.1) is 12.2 Å². The van der Waals surface area contributed by atoms with Crippen molar-refractivity contribution in [2.24, 2.45) is 10.8 Å². The van der Waals surface area contributed by atoms with Crippen molar-refractivity contribution in [2.45, 2.75) is 93.7 Å². The first kappa shape index (κ1) is 38.5. The minimum atomic E-state index is -1.39. The van der Waals surface area contributed by atoms with Crippen molar-refractivity contribution in [3.63, 3.8) is 0 Å². The molecule has 0 saturated carbocycles. The summed E-state index contributed by atoms with van der Waals surface area (Å²) in [6.07, 6.45) is 22.3. The number of Topliss-reactive ketones (excluding diaryl/α,β-unsaturated/α-hetero) is 2. The van der Waals surface area contributed by atoms with Crippen LogP contribution in [0.25, 0.3) is 0 Å². The molecule has 2 aliphatic rings. The molecule has 0 heterocycles. The number of carbonyl (C=O) groups is 2. The molecule has 0 amide bonds. The third kappa shape index (κ3) is 9.43. The molecule has 0 aromatic carbocycles. The van der Waals surface area contributed by atoms with Crippen LogP contribution in [0.5, 0.6) is 0 Å². The van der Waals surface area contributed by atoms with Crippen LogP contribution < -0.4 is 0 Å². The fourth-order valence-corrected chi connectivity index (χ4v) is 5.52. The zero-order valence-electron chi connectivity index (χ0n) is 29.0. The van der Waals surface area contributed by atoms with Crippen LogP contribution in [0.3, 0.4) is 0 Å². The van der Waals surface area contributed by atoms with Crippen molar-refractivity contribution in [3.05, 3.63) is 130 Å². The van der Waals surface area contributed by atoms with E-state index < -0.39 is 46.8 Å². The van der Waals surface area contributed by atoms with Crippen molar-refractivity contribution in [1.29, 1.82) is 0 Å². The van der Waals surface area contributed by atoms with E-state index in [1.807, 2.05) is 140 Å². The molecule has 0 aromatic heterocycles. The molecule has 0 radical (unpaired) electrons. The average molecular weight is 629 g/mol.